The van der Waals surface area contributed by atoms with Crippen molar-refractivity contribution >= 4 is 0 Å². The van der Waals surface area contributed by atoms with Crippen LogP contribution in [0.25, 0.3) is 0 Å². The molecule has 1 aliphatic rings. The predicted octanol–water partition coefficient (Wildman–Crippen LogP) is 2.26. The van der Waals surface area contributed by atoms with Crippen LogP contribution in [0.4, 0.5) is 0 Å². The molecule has 1 aliphatic heterocycles. The van der Waals surface area contributed by atoms with Crippen LogP contribution in [0.1, 0.15) is 36.9 Å². The average Bonchev–Trinajstić information content (AvgIpc) is 2.39. The van der Waals surface area contributed by atoms with Crippen LogP contribution in [0.2, 0.25) is 0 Å². The Morgan fingerprint density at radius 1 is 1.31 bits per heavy atom. The van der Waals surface area contributed by atoms with Crippen molar-refractivity contribution in [2.75, 3.05) is 13.6 Å². The van der Waals surface area contributed by atoms with E-state index in [1.807, 2.05) is 0 Å². The first-order chi connectivity index (χ1) is 7.83. The van der Waals surface area contributed by atoms with Gasteiger partial charge in [0.15, 0.2) is 0 Å². The van der Waals surface area contributed by atoms with Gasteiger partial charge in [-0.05, 0) is 44.0 Å². The zero-order chi connectivity index (χ0) is 11.4. The van der Waals surface area contributed by atoms with E-state index in [0.717, 1.165) is 13.0 Å². The van der Waals surface area contributed by atoms with Crippen molar-refractivity contribution in [3.8, 4) is 0 Å². The Labute approximate surface area is 98.4 Å². The molecule has 2 nitrogen and oxygen atoms in total. The molecule has 1 saturated heterocycles. The molecule has 2 unspecified atom stereocenters. The Bertz CT molecular complexity index is 318. The van der Waals surface area contributed by atoms with Gasteiger partial charge in [-0.3, -0.25) is 0 Å². The number of hydrogen-bond acceptors (Lipinski definition) is 2. The lowest BCUT2D eigenvalue weighted by Crippen LogP contribution is -2.40. The molecule has 2 N–H and O–H groups in total. The summed E-state index contributed by atoms with van der Waals surface area (Å²) in [4.78, 5) is 0. The summed E-state index contributed by atoms with van der Waals surface area (Å²) in [6.07, 6.45) is 3.56. The molecular weight excluding hydrogens is 196 g/mol. The SMILES string of the molecule is CCc1ccc(C2CC(NC)CCN2)cc1. The fourth-order valence-corrected chi connectivity index (χ4v) is 2.42. The minimum atomic E-state index is 0.525. The van der Waals surface area contributed by atoms with Gasteiger partial charge >= 0.3 is 0 Å². The summed E-state index contributed by atoms with van der Waals surface area (Å²) in [5, 5.41) is 6.98. The van der Waals surface area contributed by atoms with Gasteiger partial charge in [-0.2, -0.15) is 0 Å². The molecule has 1 aromatic rings. The second-order valence-electron chi connectivity index (χ2n) is 4.61. The van der Waals surface area contributed by atoms with E-state index >= 15 is 0 Å². The van der Waals surface area contributed by atoms with Crippen LogP contribution in [0.3, 0.4) is 0 Å². The largest absolute Gasteiger partial charge is 0.317 e. The molecule has 0 spiro atoms. The standard InChI is InChI=1S/C14H22N2/c1-3-11-4-6-12(7-5-11)14-10-13(15-2)8-9-16-14/h4-7,13-16H,3,8-10H2,1-2H3. The zero-order valence-corrected chi connectivity index (χ0v) is 10.3. The van der Waals surface area contributed by atoms with Gasteiger partial charge in [-0.1, -0.05) is 31.2 Å². The van der Waals surface area contributed by atoms with Gasteiger partial charge in [-0.25, -0.2) is 0 Å². The summed E-state index contributed by atoms with van der Waals surface area (Å²) >= 11 is 0. The van der Waals surface area contributed by atoms with Crippen LogP contribution in [0.15, 0.2) is 24.3 Å². The van der Waals surface area contributed by atoms with Gasteiger partial charge in [0, 0.05) is 12.1 Å². The Kier molecular flexibility index (Phi) is 3.97. The molecule has 1 heterocycles. The van der Waals surface area contributed by atoms with Crippen molar-refractivity contribution in [2.45, 2.75) is 38.3 Å². The summed E-state index contributed by atoms with van der Waals surface area (Å²) in [6.45, 7) is 3.32. The molecule has 1 fully saturated rings. The van der Waals surface area contributed by atoms with Crippen LogP contribution >= 0.6 is 0 Å². The molecule has 0 aliphatic carbocycles. The molecule has 88 valence electrons. The summed E-state index contributed by atoms with van der Waals surface area (Å²) in [7, 11) is 2.06. The van der Waals surface area contributed by atoms with Gasteiger partial charge < -0.3 is 10.6 Å². The van der Waals surface area contributed by atoms with Gasteiger partial charge in [-0.15, -0.1) is 0 Å². The molecule has 0 aromatic heterocycles. The summed E-state index contributed by atoms with van der Waals surface area (Å²) in [5.74, 6) is 0. The maximum atomic E-state index is 3.60. The van der Waals surface area contributed by atoms with Gasteiger partial charge in [0.25, 0.3) is 0 Å². The molecule has 0 amide bonds. The van der Waals surface area contributed by atoms with E-state index in [0.29, 0.717) is 12.1 Å². The first-order valence-corrected chi connectivity index (χ1v) is 6.33. The van der Waals surface area contributed by atoms with E-state index in [9.17, 15) is 0 Å². The van der Waals surface area contributed by atoms with Crippen LogP contribution in [-0.2, 0) is 6.42 Å². The Balaban J connectivity index is 2.05. The topological polar surface area (TPSA) is 24.1 Å². The van der Waals surface area contributed by atoms with Crippen LogP contribution < -0.4 is 10.6 Å². The second kappa shape index (κ2) is 5.46. The number of piperidine rings is 1. The number of rotatable bonds is 3. The van der Waals surface area contributed by atoms with E-state index in [2.05, 4.69) is 48.9 Å². The van der Waals surface area contributed by atoms with Crippen LogP contribution in [0, 0.1) is 0 Å². The smallest absolute Gasteiger partial charge is 0.0335 e. The van der Waals surface area contributed by atoms with E-state index in [-0.39, 0.29) is 0 Å². The first-order valence-electron chi connectivity index (χ1n) is 6.33. The summed E-state index contributed by atoms with van der Waals surface area (Å²) in [6, 6.07) is 10.2. The van der Waals surface area contributed by atoms with Crippen molar-refractivity contribution in [3.63, 3.8) is 0 Å². The van der Waals surface area contributed by atoms with Gasteiger partial charge in [0.05, 0.1) is 0 Å². The molecule has 2 heteroatoms. The van der Waals surface area contributed by atoms with E-state index in [1.54, 1.807) is 0 Å². The lowest BCUT2D eigenvalue weighted by molar-refractivity contribution is 0.337. The lowest BCUT2D eigenvalue weighted by atomic mass is 9.93. The fraction of sp³-hybridized carbons (Fsp3) is 0.571. The third kappa shape index (κ3) is 2.63. The third-order valence-electron chi connectivity index (χ3n) is 3.60. The highest BCUT2D eigenvalue weighted by Crippen LogP contribution is 2.23. The summed E-state index contributed by atoms with van der Waals surface area (Å²) < 4.78 is 0. The lowest BCUT2D eigenvalue weighted by Gasteiger charge is -2.30. The van der Waals surface area contributed by atoms with Gasteiger partial charge in [0.2, 0.25) is 0 Å². The zero-order valence-electron chi connectivity index (χ0n) is 10.3. The molecule has 16 heavy (non-hydrogen) atoms. The predicted molar refractivity (Wildman–Crippen MR) is 68.6 cm³/mol. The monoisotopic (exact) mass is 218 g/mol. The summed E-state index contributed by atoms with van der Waals surface area (Å²) in [5.41, 5.74) is 2.85. The number of hydrogen-bond donors (Lipinski definition) is 2. The van der Waals surface area contributed by atoms with Crippen molar-refractivity contribution in [3.05, 3.63) is 35.4 Å². The normalized spacial score (nSPS) is 25.6. The molecular formula is C14H22N2. The molecule has 0 saturated carbocycles. The van der Waals surface area contributed by atoms with Crippen molar-refractivity contribution < 1.29 is 0 Å². The number of nitrogens with one attached hydrogen (secondary N) is 2. The van der Waals surface area contributed by atoms with E-state index in [1.165, 1.54) is 24.0 Å². The Morgan fingerprint density at radius 3 is 2.69 bits per heavy atom. The van der Waals surface area contributed by atoms with Crippen molar-refractivity contribution in [1.82, 2.24) is 10.6 Å². The highest BCUT2D eigenvalue weighted by Gasteiger charge is 2.21. The van der Waals surface area contributed by atoms with Crippen LogP contribution in [-0.4, -0.2) is 19.6 Å². The maximum absolute atomic E-state index is 3.60. The van der Waals surface area contributed by atoms with Crippen molar-refractivity contribution in [1.29, 1.82) is 0 Å². The molecule has 0 radical (unpaired) electrons. The average molecular weight is 218 g/mol. The highest BCUT2D eigenvalue weighted by atomic mass is 15.0. The Morgan fingerprint density at radius 2 is 2.06 bits per heavy atom. The highest BCUT2D eigenvalue weighted by molar-refractivity contribution is 5.25. The quantitative estimate of drug-likeness (QED) is 0.813. The number of benzene rings is 1. The molecule has 2 atom stereocenters. The van der Waals surface area contributed by atoms with E-state index in [4.69, 9.17) is 0 Å². The second-order valence-corrected chi connectivity index (χ2v) is 4.61. The fourth-order valence-electron chi connectivity index (χ4n) is 2.42. The van der Waals surface area contributed by atoms with Crippen molar-refractivity contribution in [2.24, 2.45) is 0 Å². The maximum Gasteiger partial charge on any atom is 0.0335 e. The molecule has 2 rings (SSSR count). The van der Waals surface area contributed by atoms with Crippen LogP contribution in [0.5, 0.6) is 0 Å². The minimum Gasteiger partial charge on any atom is -0.317 e. The Hall–Kier alpha value is -0.860. The first kappa shape index (κ1) is 11.6. The van der Waals surface area contributed by atoms with E-state index < -0.39 is 0 Å². The van der Waals surface area contributed by atoms with Gasteiger partial charge in [0.1, 0.15) is 0 Å². The molecule has 0 bridgehead atoms. The third-order valence-corrected chi connectivity index (χ3v) is 3.60. The number of aryl methyl sites for hydroxylation is 1. The minimum absolute atomic E-state index is 0.525. The molecule has 1 aromatic carbocycles.